The van der Waals surface area contributed by atoms with Crippen molar-refractivity contribution >= 4 is 17.4 Å². The van der Waals surface area contributed by atoms with Gasteiger partial charge in [0.05, 0.1) is 5.69 Å². The van der Waals surface area contributed by atoms with E-state index in [1.165, 1.54) is 0 Å². The first-order valence-electron chi connectivity index (χ1n) is 5.92. The van der Waals surface area contributed by atoms with Crippen LogP contribution in [0.25, 0.3) is 11.3 Å². The molecule has 0 aliphatic rings. The summed E-state index contributed by atoms with van der Waals surface area (Å²) in [7, 11) is 1.87. The SMILES string of the molecule is CNc1ncnc(-c2ccccc2Cl)c1C(C)C. The average Bonchev–Trinajstić information content (AvgIpc) is 2.38. The zero-order chi connectivity index (χ0) is 13.1. The second kappa shape index (κ2) is 5.36. The molecule has 1 N–H and O–H groups in total. The molecule has 1 aromatic heterocycles. The van der Waals surface area contributed by atoms with E-state index in [1.807, 2.05) is 31.3 Å². The molecule has 94 valence electrons. The molecule has 0 saturated carbocycles. The summed E-state index contributed by atoms with van der Waals surface area (Å²) in [4.78, 5) is 8.67. The van der Waals surface area contributed by atoms with Gasteiger partial charge in [0.2, 0.25) is 0 Å². The third-order valence-electron chi connectivity index (χ3n) is 2.83. The van der Waals surface area contributed by atoms with E-state index in [4.69, 9.17) is 11.6 Å². The zero-order valence-electron chi connectivity index (χ0n) is 10.7. The van der Waals surface area contributed by atoms with E-state index in [9.17, 15) is 0 Å². The molecule has 1 heterocycles. The van der Waals surface area contributed by atoms with Crippen LogP contribution in [0.2, 0.25) is 5.02 Å². The van der Waals surface area contributed by atoms with Gasteiger partial charge < -0.3 is 5.32 Å². The Hall–Kier alpha value is -1.61. The molecule has 0 aliphatic carbocycles. The molecule has 0 unspecified atom stereocenters. The fraction of sp³-hybridized carbons (Fsp3) is 0.286. The molecule has 0 amide bonds. The predicted octanol–water partition coefficient (Wildman–Crippen LogP) is 3.96. The number of nitrogens with zero attached hydrogens (tertiary/aromatic N) is 2. The highest BCUT2D eigenvalue weighted by atomic mass is 35.5. The van der Waals surface area contributed by atoms with Crippen LogP contribution < -0.4 is 5.32 Å². The predicted molar refractivity (Wildman–Crippen MR) is 76.1 cm³/mol. The van der Waals surface area contributed by atoms with Crippen LogP contribution in [0.3, 0.4) is 0 Å². The van der Waals surface area contributed by atoms with Crippen LogP contribution in [-0.2, 0) is 0 Å². The van der Waals surface area contributed by atoms with Crippen molar-refractivity contribution in [2.75, 3.05) is 12.4 Å². The van der Waals surface area contributed by atoms with Crippen molar-refractivity contribution < 1.29 is 0 Å². The quantitative estimate of drug-likeness (QED) is 0.909. The van der Waals surface area contributed by atoms with Gasteiger partial charge in [-0.15, -0.1) is 0 Å². The Balaban J connectivity index is 2.68. The van der Waals surface area contributed by atoms with Gasteiger partial charge in [0.15, 0.2) is 0 Å². The third kappa shape index (κ3) is 2.31. The van der Waals surface area contributed by atoms with Crippen LogP contribution in [0.1, 0.15) is 25.3 Å². The lowest BCUT2D eigenvalue weighted by Gasteiger charge is -2.16. The van der Waals surface area contributed by atoms with Gasteiger partial charge in [-0.05, 0) is 12.0 Å². The Bertz CT molecular complexity index is 552. The standard InChI is InChI=1S/C14H16ClN3/c1-9(2)12-13(17-8-18-14(12)16-3)10-6-4-5-7-11(10)15/h4-9H,1-3H3,(H,16,17,18). The van der Waals surface area contributed by atoms with E-state index in [1.54, 1.807) is 6.33 Å². The fourth-order valence-corrected chi connectivity index (χ4v) is 2.23. The largest absolute Gasteiger partial charge is 0.373 e. The molecule has 0 aliphatic heterocycles. The zero-order valence-corrected chi connectivity index (χ0v) is 11.5. The first-order valence-corrected chi connectivity index (χ1v) is 6.30. The smallest absolute Gasteiger partial charge is 0.133 e. The second-order valence-corrected chi connectivity index (χ2v) is 4.78. The maximum atomic E-state index is 6.25. The van der Waals surface area contributed by atoms with Crippen molar-refractivity contribution in [3.05, 3.63) is 41.2 Å². The summed E-state index contributed by atoms with van der Waals surface area (Å²) in [6.45, 7) is 4.25. The lowest BCUT2D eigenvalue weighted by atomic mass is 9.97. The van der Waals surface area contributed by atoms with E-state index in [-0.39, 0.29) is 0 Å². The Morgan fingerprint density at radius 2 is 1.89 bits per heavy atom. The average molecular weight is 262 g/mol. The number of anilines is 1. The number of benzene rings is 1. The third-order valence-corrected chi connectivity index (χ3v) is 3.16. The van der Waals surface area contributed by atoms with Crippen LogP contribution in [-0.4, -0.2) is 17.0 Å². The van der Waals surface area contributed by atoms with Crippen molar-refractivity contribution in [3.63, 3.8) is 0 Å². The highest BCUT2D eigenvalue weighted by Gasteiger charge is 2.16. The fourth-order valence-electron chi connectivity index (χ4n) is 2.01. The summed E-state index contributed by atoms with van der Waals surface area (Å²) < 4.78 is 0. The minimum Gasteiger partial charge on any atom is -0.373 e. The van der Waals surface area contributed by atoms with Crippen molar-refractivity contribution in [1.82, 2.24) is 9.97 Å². The maximum Gasteiger partial charge on any atom is 0.133 e. The topological polar surface area (TPSA) is 37.8 Å². The summed E-state index contributed by atoms with van der Waals surface area (Å²) in [5.41, 5.74) is 2.94. The Morgan fingerprint density at radius 3 is 2.50 bits per heavy atom. The molecule has 0 atom stereocenters. The van der Waals surface area contributed by atoms with E-state index < -0.39 is 0 Å². The van der Waals surface area contributed by atoms with E-state index in [2.05, 4.69) is 29.1 Å². The van der Waals surface area contributed by atoms with Gasteiger partial charge in [-0.1, -0.05) is 43.6 Å². The van der Waals surface area contributed by atoms with Crippen molar-refractivity contribution in [2.24, 2.45) is 0 Å². The van der Waals surface area contributed by atoms with E-state index >= 15 is 0 Å². The number of hydrogen-bond donors (Lipinski definition) is 1. The summed E-state index contributed by atoms with van der Waals surface area (Å²) in [6, 6.07) is 7.74. The Labute approximate surface area is 112 Å². The van der Waals surface area contributed by atoms with Gasteiger partial charge in [0, 0.05) is 23.2 Å². The highest BCUT2D eigenvalue weighted by Crippen LogP contribution is 2.34. The minimum absolute atomic E-state index is 0.319. The Morgan fingerprint density at radius 1 is 1.17 bits per heavy atom. The molecule has 1 aromatic carbocycles. The number of aromatic nitrogens is 2. The summed E-state index contributed by atoms with van der Waals surface area (Å²) in [5, 5.41) is 3.82. The Kier molecular flexibility index (Phi) is 3.82. The first kappa shape index (κ1) is 12.8. The maximum absolute atomic E-state index is 6.25. The normalized spacial score (nSPS) is 10.7. The van der Waals surface area contributed by atoms with Crippen LogP contribution in [0.15, 0.2) is 30.6 Å². The number of nitrogens with one attached hydrogen (secondary N) is 1. The van der Waals surface area contributed by atoms with Gasteiger partial charge >= 0.3 is 0 Å². The first-order chi connectivity index (χ1) is 8.65. The summed E-state index contributed by atoms with van der Waals surface area (Å²) in [5.74, 6) is 1.18. The summed E-state index contributed by atoms with van der Waals surface area (Å²) in [6.07, 6.45) is 1.57. The molecular weight excluding hydrogens is 246 g/mol. The van der Waals surface area contributed by atoms with Crippen LogP contribution in [0, 0.1) is 0 Å². The molecule has 2 aromatic rings. The number of halogens is 1. The van der Waals surface area contributed by atoms with Crippen LogP contribution >= 0.6 is 11.6 Å². The van der Waals surface area contributed by atoms with E-state index in [0.717, 1.165) is 22.6 Å². The van der Waals surface area contributed by atoms with E-state index in [0.29, 0.717) is 10.9 Å². The van der Waals surface area contributed by atoms with Gasteiger partial charge in [-0.2, -0.15) is 0 Å². The molecule has 2 rings (SSSR count). The van der Waals surface area contributed by atoms with Gasteiger partial charge in [-0.3, -0.25) is 0 Å². The van der Waals surface area contributed by atoms with Crippen LogP contribution in [0.4, 0.5) is 5.82 Å². The van der Waals surface area contributed by atoms with Crippen LogP contribution in [0.5, 0.6) is 0 Å². The minimum atomic E-state index is 0.319. The molecule has 0 fully saturated rings. The molecule has 0 saturated heterocycles. The lowest BCUT2D eigenvalue weighted by Crippen LogP contribution is -2.04. The van der Waals surface area contributed by atoms with Crippen molar-refractivity contribution in [3.8, 4) is 11.3 Å². The molecule has 0 spiro atoms. The van der Waals surface area contributed by atoms with Gasteiger partial charge in [0.1, 0.15) is 12.1 Å². The van der Waals surface area contributed by atoms with Crippen molar-refractivity contribution in [2.45, 2.75) is 19.8 Å². The molecule has 18 heavy (non-hydrogen) atoms. The van der Waals surface area contributed by atoms with Gasteiger partial charge in [-0.25, -0.2) is 9.97 Å². The highest BCUT2D eigenvalue weighted by molar-refractivity contribution is 6.33. The molecule has 0 radical (unpaired) electrons. The number of hydrogen-bond acceptors (Lipinski definition) is 3. The lowest BCUT2D eigenvalue weighted by molar-refractivity contribution is 0.852. The molecule has 0 bridgehead atoms. The molecule has 4 heteroatoms. The molecule has 3 nitrogen and oxygen atoms in total. The van der Waals surface area contributed by atoms with Crippen molar-refractivity contribution in [1.29, 1.82) is 0 Å². The molecular formula is C14H16ClN3. The number of rotatable bonds is 3. The van der Waals surface area contributed by atoms with Gasteiger partial charge in [0.25, 0.3) is 0 Å². The second-order valence-electron chi connectivity index (χ2n) is 4.37. The summed E-state index contributed by atoms with van der Waals surface area (Å²) >= 11 is 6.25. The monoisotopic (exact) mass is 261 g/mol.